The van der Waals surface area contributed by atoms with Crippen LogP contribution < -0.4 is 4.72 Å². The minimum atomic E-state index is -3.74. The molecule has 0 aliphatic heterocycles. The second kappa shape index (κ2) is 6.86. The Morgan fingerprint density at radius 2 is 1.77 bits per heavy atom. The number of carbonyl (C=O) groups is 1. The number of hydrogen-bond acceptors (Lipinski definition) is 4. The van der Waals surface area contributed by atoms with Gasteiger partial charge in [-0.15, -0.1) is 0 Å². The van der Waals surface area contributed by atoms with E-state index in [1.807, 2.05) is 6.92 Å². The van der Waals surface area contributed by atoms with Crippen molar-refractivity contribution in [3.05, 3.63) is 70.9 Å². The molecule has 3 rings (SSSR count). The molecule has 134 valence electrons. The van der Waals surface area contributed by atoms with Gasteiger partial charge in [0, 0.05) is 5.56 Å². The van der Waals surface area contributed by atoms with Crippen LogP contribution in [-0.4, -0.2) is 19.5 Å². The molecule has 0 atom stereocenters. The molecule has 6 nitrogen and oxygen atoms in total. The Morgan fingerprint density at radius 1 is 1.08 bits per heavy atom. The molecule has 0 aliphatic carbocycles. The normalized spacial score (nSPS) is 11.3. The largest absolute Gasteiger partial charge is 0.475 e. The number of aryl methyl sites for hydroxylation is 1. The number of anilines is 1. The fraction of sp³-hybridized carbons (Fsp3) is 0.0556. The molecule has 0 radical (unpaired) electrons. The van der Waals surface area contributed by atoms with E-state index in [-0.39, 0.29) is 27.1 Å². The quantitative estimate of drug-likeness (QED) is 0.671. The standard InChI is InChI=1S/C18H14ClNO5S/c1-11-2-5-13(6-3-11)26(23,24)20-12-4-7-14(15(19)10-12)16-8-9-17(25-16)18(21)22/h2-10,20H,1H3,(H,21,22). The highest BCUT2D eigenvalue weighted by molar-refractivity contribution is 7.92. The van der Waals surface area contributed by atoms with Crippen LogP contribution in [0.2, 0.25) is 5.02 Å². The maximum Gasteiger partial charge on any atom is 0.371 e. The molecule has 0 fully saturated rings. The minimum Gasteiger partial charge on any atom is -0.475 e. The summed E-state index contributed by atoms with van der Waals surface area (Å²) in [6.45, 7) is 1.87. The zero-order chi connectivity index (χ0) is 18.9. The minimum absolute atomic E-state index is 0.139. The first-order valence-electron chi connectivity index (χ1n) is 7.49. The molecule has 1 aromatic heterocycles. The molecular weight excluding hydrogens is 378 g/mol. The molecule has 2 aromatic carbocycles. The van der Waals surface area contributed by atoms with Crippen LogP contribution in [0.1, 0.15) is 16.1 Å². The van der Waals surface area contributed by atoms with E-state index in [1.165, 1.54) is 36.4 Å². The predicted octanol–water partition coefficient (Wildman–Crippen LogP) is 4.41. The Kier molecular flexibility index (Phi) is 4.76. The Labute approximate surface area is 155 Å². The second-order valence-corrected chi connectivity index (χ2v) is 7.67. The van der Waals surface area contributed by atoms with Crippen molar-refractivity contribution in [2.45, 2.75) is 11.8 Å². The SMILES string of the molecule is Cc1ccc(S(=O)(=O)Nc2ccc(-c3ccc(C(=O)O)o3)c(Cl)c2)cc1. The van der Waals surface area contributed by atoms with Gasteiger partial charge >= 0.3 is 5.97 Å². The molecule has 2 N–H and O–H groups in total. The van der Waals surface area contributed by atoms with Crippen LogP contribution in [-0.2, 0) is 10.0 Å². The van der Waals surface area contributed by atoms with Gasteiger partial charge in [-0.2, -0.15) is 0 Å². The molecule has 0 unspecified atom stereocenters. The maximum atomic E-state index is 12.4. The number of benzene rings is 2. The molecule has 1 heterocycles. The summed E-state index contributed by atoms with van der Waals surface area (Å²) in [6.07, 6.45) is 0. The number of nitrogens with one attached hydrogen (secondary N) is 1. The molecule has 0 aliphatic rings. The number of carboxylic acids is 1. The van der Waals surface area contributed by atoms with Crippen molar-refractivity contribution in [1.82, 2.24) is 0 Å². The summed E-state index contributed by atoms with van der Waals surface area (Å²) >= 11 is 6.21. The van der Waals surface area contributed by atoms with Gasteiger partial charge in [-0.25, -0.2) is 13.2 Å². The number of hydrogen-bond donors (Lipinski definition) is 2. The Morgan fingerprint density at radius 3 is 2.35 bits per heavy atom. The van der Waals surface area contributed by atoms with E-state index in [2.05, 4.69) is 4.72 Å². The van der Waals surface area contributed by atoms with E-state index < -0.39 is 16.0 Å². The summed E-state index contributed by atoms with van der Waals surface area (Å²) < 4.78 is 32.5. The van der Waals surface area contributed by atoms with Crippen LogP contribution in [0.3, 0.4) is 0 Å². The molecule has 26 heavy (non-hydrogen) atoms. The topological polar surface area (TPSA) is 96.6 Å². The lowest BCUT2D eigenvalue weighted by Gasteiger charge is -2.10. The Hall–Kier alpha value is -2.77. The lowest BCUT2D eigenvalue weighted by molar-refractivity contribution is 0.0663. The van der Waals surface area contributed by atoms with E-state index in [4.69, 9.17) is 21.1 Å². The predicted molar refractivity (Wildman–Crippen MR) is 98.1 cm³/mol. The Bertz CT molecular complexity index is 1070. The summed E-state index contributed by atoms with van der Waals surface area (Å²) in [4.78, 5) is 11.0. The van der Waals surface area contributed by atoms with Crippen molar-refractivity contribution in [1.29, 1.82) is 0 Å². The molecule has 0 bridgehead atoms. The van der Waals surface area contributed by atoms with Gasteiger partial charge in [-0.3, -0.25) is 4.72 Å². The zero-order valence-corrected chi connectivity index (χ0v) is 15.1. The summed E-state index contributed by atoms with van der Waals surface area (Å²) in [5.41, 5.74) is 1.69. The lowest BCUT2D eigenvalue weighted by Crippen LogP contribution is -2.12. The highest BCUT2D eigenvalue weighted by atomic mass is 35.5. The molecule has 0 amide bonds. The molecule has 0 saturated heterocycles. The number of sulfonamides is 1. The number of carboxylic acid groups (broad SMARTS) is 1. The van der Waals surface area contributed by atoms with Crippen LogP contribution in [0.5, 0.6) is 0 Å². The molecular formula is C18H14ClNO5S. The first kappa shape index (κ1) is 18.0. The monoisotopic (exact) mass is 391 g/mol. The van der Waals surface area contributed by atoms with Crippen molar-refractivity contribution < 1.29 is 22.7 Å². The van der Waals surface area contributed by atoms with Gasteiger partial charge in [0.2, 0.25) is 5.76 Å². The van der Waals surface area contributed by atoms with Crippen LogP contribution in [0, 0.1) is 6.92 Å². The summed E-state index contributed by atoms with van der Waals surface area (Å²) in [5.74, 6) is -1.12. The van der Waals surface area contributed by atoms with Gasteiger partial charge in [-0.05, 0) is 49.4 Å². The Balaban J connectivity index is 1.87. The van der Waals surface area contributed by atoms with Gasteiger partial charge in [-0.1, -0.05) is 29.3 Å². The van der Waals surface area contributed by atoms with Gasteiger partial charge in [0.05, 0.1) is 15.6 Å². The van der Waals surface area contributed by atoms with Crippen molar-refractivity contribution >= 4 is 33.3 Å². The zero-order valence-electron chi connectivity index (χ0n) is 13.6. The van der Waals surface area contributed by atoms with Gasteiger partial charge < -0.3 is 9.52 Å². The van der Waals surface area contributed by atoms with Crippen LogP contribution >= 0.6 is 11.6 Å². The number of rotatable bonds is 5. The van der Waals surface area contributed by atoms with E-state index >= 15 is 0 Å². The summed E-state index contributed by atoms with van der Waals surface area (Å²) in [7, 11) is -3.74. The van der Waals surface area contributed by atoms with E-state index in [0.29, 0.717) is 5.56 Å². The van der Waals surface area contributed by atoms with Crippen LogP contribution in [0.4, 0.5) is 5.69 Å². The maximum absolute atomic E-state index is 12.4. The van der Waals surface area contributed by atoms with Crippen molar-refractivity contribution in [2.24, 2.45) is 0 Å². The average molecular weight is 392 g/mol. The first-order valence-corrected chi connectivity index (χ1v) is 9.35. The van der Waals surface area contributed by atoms with E-state index in [1.54, 1.807) is 18.2 Å². The fourth-order valence-electron chi connectivity index (χ4n) is 2.31. The molecule has 3 aromatic rings. The summed E-state index contributed by atoms with van der Waals surface area (Å²) in [6, 6.07) is 13.8. The number of halogens is 1. The van der Waals surface area contributed by atoms with E-state index in [0.717, 1.165) is 5.56 Å². The van der Waals surface area contributed by atoms with Crippen molar-refractivity contribution in [3.8, 4) is 11.3 Å². The van der Waals surface area contributed by atoms with Gasteiger partial charge in [0.1, 0.15) is 5.76 Å². The van der Waals surface area contributed by atoms with Crippen molar-refractivity contribution in [2.75, 3.05) is 4.72 Å². The smallest absolute Gasteiger partial charge is 0.371 e. The first-order chi connectivity index (χ1) is 12.3. The van der Waals surface area contributed by atoms with Crippen LogP contribution in [0.25, 0.3) is 11.3 Å². The van der Waals surface area contributed by atoms with E-state index in [9.17, 15) is 13.2 Å². The third-order valence-corrected chi connectivity index (χ3v) is 5.34. The number of aromatic carboxylic acids is 1. The highest BCUT2D eigenvalue weighted by Crippen LogP contribution is 2.32. The second-order valence-electron chi connectivity index (χ2n) is 5.58. The van der Waals surface area contributed by atoms with Crippen molar-refractivity contribution in [3.63, 3.8) is 0 Å². The van der Waals surface area contributed by atoms with Gasteiger partial charge in [0.15, 0.2) is 0 Å². The van der Waals surface area contributed by atoms with Gasteiger partial charge in [0.25, 0.3) is 10.0 Å². The average Bonchev–Trinajstić information content (AvgIpc) is 3.05. The molecule has 0 spiro atoms. The lowest BCUT2D eigenvalue weighted by atomic mass is 10.1. The number of furan rings is 1. The third-order valence-electron chi connectivity index (χ3n) is 3.63. The molecule has 8 heteroatoms. The van der Waals surface area contributed by atoms with Crippen LogP contribution in [0.15, 0.2) is 63.9 Å². The highest BCUT2D eigenvalue weighted by Gasteiger charge is 2.16. The summed E-state index contributed by atoms with van der Waals surface area (Å²) in [5, 5.41) is 9.13. The molecule has 0 saturated carbocycles. The fourth-order valence-corrected chi connectivity index (χ4v) is 3.63. The third kappa shape index (κ3) is 3.74.